The summed E-state index contributed by atoms with van der Waals surface area (Å²) in [4.78, 5) is 14.3. The Bertz CT molecular complexity index is 1120. The minimum absolute atomic E-state index is 0.100. The van der Waals surface area contributed by atoms with Crippen molar-refractivity contribution in [1.29, 1.82) is 0 Å². The number of piperazine rings is 1. The highest BCUT2D eigenvalue weighted by Crippen LogP contribution is 2.21. The van der Waals surface area contributed by atoms with Gasteiger partial charge in [0.05, 0.1) is 16.3 Å². The van der Waals surface area contributed by atoms with Crippen molar-refractivity contribution in [2.45, 2.75) is 9.79 Å². The molecule has 2 aromatic rings. The van der Waals surface area contributed by atoms with Crippen molar-refractivity contribution >= 4 is 37.6 Å². The molecule has 0 unspecified atom stereocenters. The number of carbonyl (C=O) groups excluding carboxylic acids is 1. The van der Waals surface area contributed by atoms with Gasteiger partial charge in [-0.15, -0.1) is 0 Å². The van der Waals surface area contributed by atoms with Crippen LogP contribution in [0.15, 0.2) is 64.4 Å². The average Bonchev–Trinajstić information content (AvgIpc) is 2.74. The number of carbonyl (C=O) groups is 1. The summed E-state index contributed by atoms with van der Waals surface area (Å²) < 4.78 is 53.0. The third kappa shape index (κ3) is 4.84. The van der Waals surface area contributed by atoms with Gasteiger partial charge in [0.25, 0.3) is 0 Å². The van der Waals surface area contributed by atoms with Crippen molar-refractivity contribution in [3.63, 3.8) is 0 Å². The molecular formula is C19H22ClN3O5S2. The van der Waals surface area contributed by atoms with Gasteiger partial charge in [-0.1, -0.05) is 35.9 Å². The lowest BCUT2D eigenvalue weighted by Crippen LogP contribution is -2.52. The van der Waals surface area contributed by atoms with E-state index in [1.54, 1.807) is 30.3 Å². The summed E-state index contributed by atoms with van der Waals surface area (Å²) in [6.07, 6.45) is 0. The minimum atomic E-state index is -3.78. The Labute approximate surface area is 181 Å². The van der Waals surface area contributed by atoms with Crippen molar-refractivity contribution in [2.75, 3.05) is 39.8 Å². The van der Waals surface area contributed by atoms with Crippen LogP contribution in [0.2, 0.25) is 5.02 Å². The van der Waals surface area contributed by atoms with E-state index in [4.69, 9.17) is 11.6 Å². The Kier molecular flexibility index (Phi) is 6.83. The molecule has 2 aromatic carbocycles. The zero-order valence-corrected chi connectivity index (χ0v) is 18.7. The second-order valence-electron chi connectivity index (χ2n) is 6.82. The van der Waals surface area contributed by atoms with Crippen LogP contribution in [0.4, 0.5) is 0 Å². The molecule has 11 heteroatoms. The second-order valence-corrected chi connectivity index (χ2v) is 11.2. The van der Waals surface area contributed by atoms with E-state index in [1.807, 2.05) is 0 Å². The topological polar surface area (TPSA) is 95.1 Å². The quantitative estimate of drug-likeness (QED) is 0.636. The SMILES string of the molecule is CN(CC(=O)N1CCN(S(=O)(=O)c2cccc(Cl)c2)CC1)S(=O)(=O)c1ccccc1. The van der Waals surface area contributed by atoms with Crippen LogP contribution in [0.5, 0.6) is 0 Å². The summed E-state index contributed by atoms with van der Waals surface area (Å²) in [5.41, 5.74) is 0. The number of hydrogen-bond donors (Lipinski definition) is 0. The monoisotopic (exact) mass is 471 g/mol. The lowest BCUT2D eigenvalue weighted by molar-refractivity contribution is -0.132. The number of sulfonamides is 2. The van der Waals surface area contributed by atoms with Gasteiger partial charge in [0.2, 0.25) is 26.0 Å². The maximum atomic E-state index is 12.8. The molecule has 1 heterocycles. The molecule has 8 nitrogen and oxygen atoms in total. The number of amides is 1. The van der Waals surface area contributed by atoms with E-state index in [9.17, 15) is 21.6 Å². The van der Waals surface area contributed by atoms with Crippen molar-refractivity contribution < 1.29 is 21.6 Å². The van der Waals surface area contributed by atoms with Crippen molar-refractivity contribution in [3.8, 4) is 0 Å². The Balaban J connectivity index is 1.62. The molecule has 0 bridgehead atoms. The lowest BCUT2D eigenvalue weighted by Gasteiger charge is -2.34. The highest BCUT2D eigenvalue weighted by molar-refractivity contribution is 7.89. The van der Waals surface area contributed by atoms with Gasteiger partial charge >= 0.3 is 0 Å². The zero-order chi connectivity index (χ0) is 21.9. The predicted octanol–water partition coefficient (Wildman–Crippen LogP) is 1.49. The van der Waals surface area contributed by atoms with Crippen LogP contribution in [-0.4, -0.2) is 76.0 Å². The van der Waals surface area contributed by atoms with E-state index in [-0.39, 0.29) is 48.4 Å². The molecule has 1 aliphatic heterocycles. The molecular weight excluding hydrogens is 450 g/mol. The van der Waals surface area contributed by atoms with Gasteiger partial charge in [0.1, 0.15) is 0 Å². The highest BCUT2D eigenvalue weighted by Gasteiger charge is 2.31. The molecule has 0 aliphatic carbocycles. The van der Waals surface area contributed by atoms with Gasteiger partial charge in [-0.05, 0) is 30.3 Å². The summed E-state index contributed by atoms with van der Waals surface area (Å²) in [5, 5.41) is 0.326. The van der Waals surface area contributed by atoms with Crippen molar-refractivity contribution in [3.05, 3.63) is 59.6 Å². The molecule has 30 heavy (non-hydrogen) atoms. The molecule has 0 aromatic heterocycles. The van der Waals surface area contributed by atoms with Crippen LogP contribution in [-0.2, 0) is 24.8 Å². The van der Waals surface area contributed by atoms with E-state index in [0.717, 1.165) is 4.31 Å². The Morgan fingerprint density at radius 3 is 2.13 bits per heavy atom. The van der Waals surface area contributed by atoms with E-state index >= 15 is 0 Å². The van der Waals surface area contributed by atoms with Crippen LogP contribution < -0.4 is 0 Å². The summed E-state index contributed by atoms with van der Waals surface area (Å²) >= 11 is 5.89. The fourth-order valence-corrected chi connectivity index (χ4v) is 5.97. The normalized spacial score (nSPS) is 16.0. The Hall–Kier alpha value is -1.98. The first-order valence-electron chi connectivity index (χ1n) is 9.17. The lowest BCUT2D eigenvalue weighted by atomic mass is 10.3. The molecule has 0 atom stereocenters. The van der Waals surface area contributed by atoms with Crippen molar-refractivity contribution in [2.24, 2.45) is 0 Å². The van der Waals surface area contributed by atoms with Crippen LogP contribution in [0.1, 0.15) is 0 Å². The number of halogens is 1. The third-order valence-electron chi connectivity index (χ3n) is 4.83. The Morgan fingerprint density at radius 2 is 1.53 bits per heavy atom. The standard InChI is InChI=1S/C19H22ClN3O5S2/c1-21(29(25,26)17-7-3-2-4-8-17)15-19(24)22-10-12-23(13-11-22)30(27,28)18-9-5-6-16(20)14-18/h2-9,14H,10-13,15H2,1H3. The van der Waals surface area contributed by atoms with Gasteiger partial charge in [-0.2, -0.15) is 8.61 Å². The van der Waals surface area contributed by atoms with Crippen LogP contribution in [0.3, 0.4) is 0 Å². The van der Waals surface area contributed by atoms with Crippen LogP contribution in [0.25, 0.3) is 0 Å². The van der Waals surface area contributed by atoms with E-state index in [1.165, 1.54) is 40.5 Å². The minimum Gasteiger partial charge on any atom is -0.339 e. The zero-order valence-electron chi connectivity index (χ0n) is 16.3. The van der Waals surface area contributed by atoms with Crippen LogP contribution >= 0.6 is 11.6 Å². The summed E-state index contributed by atoms with van der Waals surface area (Å²) in [6, 6.07) is 13.9. The van der Waals surface area contributed by atoms with Gasteiger partial charge in [-0.25, -0.2) is 16.8 Å². The second kappa shape index (κ2) is 9.03. The van der Waals surface area contributed by atoms with E-state index in [0.29, 0.717) is 5.02 Å². The van der Waals surface area contributed by atoms with Crippen LogP contribution in [0, 0.1) is 0 Å². The molecule has 0 saturated carbocycles. The van der Waals surface area contributed by atoms with Crippen molar-refractivity contribution in [1.82, 2.24) is 13.5 Å². The number of rotatable bonds is 6. The van der Waals surface area contributed by atoms with Gasteiger partial charge < -0.3 is 4.90 Å². The number of nitrogens with zero attached hydrogens (tertiary/aromatic N) is 3. The summed E-state index contributed by atoms with van der Waals surface area (Å²) in [7, 11) is -6.14. The third-order valence-corrected chi connectivity index (χ3v) is 8.78. The average molecular weight is 472 g/mol. The maximum Gasteiger partial charge on any atom is 0.243 e. The molecule has 0 N–H and O–H groups in total. The van der Waals surface area contributed by atoms with Gasteiger partial charge in [0.15, 0.2) is 0 Å². The highest BCUT2D eigenvalue weighted by atomic mass is 35.5. The maximum absolute atomic E-state index is 12.8. The van der Waals surface area contributed by atoms with Gasteiger partial charge in [0, 0.05) is 38.2 Å². The molecule has 1 aliphatic rings. The first-order chi connectivity index (χ1) is 14.1. The first kappa shape index (κ1) is 22.7. The fraction of sp³-hybridized carbons (Fsp3) is 0.316. The molecule has 162 valence electrons. The number of benzene rings is 2. The molecule has 1 amide bonds. The molecule has 0 radical (unpaired) electrons. The predicted molar refractivity (Wildman–Crippen MR) is 113 cm³/mol. The summed E-state index contributed by atoms with van der Waals surface area (Å²) in [5.74, 6) is -0.378. The first-order valence-corrected chi connectivity index (χ1v) is 12.4. The smallest absolute Gasteiger partial charge is 0.243 e. The Morgan fingerprint density at radius 1 is 0.933 bits per heavy atom. The molecule has 3 rings (SSSR count). The molecule has 1 fully saturated rings. The number of likely N-dealkylation sites (N-methyl/N-ethyl adjacent to an activating group) is 1. The molecule has 0 spiro atoms. The van der Waals surface area contributed by atoms with Gasteiger partial charge in [-0.3, -0.25) is 4.79 Å². The van der Waals surface area contributed by atoms with E-state index in [2.05, 4.69) is 0 Å². The molecule has 1 saturated heterocycles. The summed E-state index contributed by atoms with van der Waals surface area (Å²) in [6.45, 7) is 0.277. The largest absolute Gasteiger partial charge is 0.339 e. The number of hydrogen-bond acceptors (Lipinski definition) is 5. The fourth-order valence-electron chi connectivity index (χ4n) is 3.10. The van der Waals surface area contributed by atoms with E-state index < -0.39 is 20.0 Å².